The van der Waals surface area contributed by atoms with Gasteiger partial charge in [-0.3, -0.25) is 4.79 Å². The van der Waals surface area contributed by atoms with Crippen LogP contribution in [-0.2, 0) is 15.3 Å². The number of carbonyl (C=O) groups is 1. The lowest BCUT2D eigenvalue weighted by Crippen LogP contribution is -2.15. The summed E-state index contributed by atoms with van der Waals surface area (Å²) in [5.74, 6) is 1.60. The van der Waals surface area contributed by atoms with Crippen molar-refractivity contribution >= 4 is 17.7 Å². The molecule has 0 aliphatic heterocycles. The molecule has 1 aromatic rings. The van der Waals surface area contributed by atoms with Crippen molar-refractivity contribution < 1.29 is 14.6 Å². The molecule has 0 aliphatic rings. The third-order valence-corrected chi connectivity index (χ3v) is 4.78. The number of phenolic OH excluding ortho intramolecular Hbond substituents is 1. The summed E-state index contributed by atoms with van der Waals surface area (Å²) in [6.07, 6.45) is 4.56. The lowest BCUT2D eigenvalue weighted by Gasteiger charge is -2.14. The first-order valence-electron chi connectivity index (χ1n) is 8.09. The zero-order valence-electron chi connectivity index (χ0n) is 13.9. The van der Waals surface area contributed by atoms with Crippen molar-refractivity contribution in [3.05, 3.63) is 29.3 Å². The van der Waals surface area contributed by atoms with Crippen LogP contribution in [0.1, 0.15) is 50.7 Å². The number of carbonyl (C=O) groups excluding carboxylic acids is 1. The van der Waals surface area contributed by atoms with E-state index in [1.54, 1.807) is 0 Å². The molecule has 1 rings (SSSR count). The maximum atomic E-state index is 11.8. The summed E-state index contributed by atoms with van der Waals surface area (Å²) in [4.78, 5) is 11.8. The number of unbranched alkanes of at least 4 members (excludes halogenated alkanes) is 1. The average molecular weight is 324 g/mol. The van der Waals surface area contributed by atoms with Crippen LogP contribution < -0.4 is 0 Å². The van der Waals surface area contributed by atoms with E-state index in [1.807, 2.05) is 25.1 Å². The van der Waals surface area contributed by atoms with Crippen molar-refractivity contribution in [2.75, 3.05) is 12.4 Å². The van der Waals surface area contributed by atoms with Gasteiger partial charge in [0, 0.05) is 11.3 Å². The van der Waals surface area contributed by atoms with E-state index < -0.39 is 0 Å². The number of benzene rings is 1. The van der Waals surface area contributed by atoms with Crippen LogP contribution in [0.4, 0.5) is 0 Å². The molecule has 22 heavy (non-hydrogen) atoms. The molecule has 1 unspecified atom stereocenters. The topological polar surface area (TPSA) is 46.5 Å². The van der Waals surface area contributed by atoms with E-state index in [0.29, 0.717) is 29.8 Å². The highest BCUT2D eigenvalue weighted by atomic mass is 32.2. The van der Waals surface area contributed by atoms with Crippen molar-refractivity contribution in [3.8, 4) is 5.75 Å². The molecule has 0 saturated heterocycles. The Labute approximate surface area is 138 Å². The molecule has 0 radical (unpaired) electrons. The van der Waals surface area contributed by atoms with Crippen molar-refractivity contribution in [2.45, 2.75) is 52.2 Å². The molecule has 1 aromatic carbocycles. The molecule has 0 spiro atoms. The van der Waals surface area contributed by atoms with E-state index in [9.17, 15) is 9.90 Å². The van der Waals surface area contributed by atoms with Gasteiger partial charge in [0.2, 0.25) is 0 Å². The number of aromatic hydroxyl groups is 1. The van der Waals surface area contributed by atoms with Gasteiger partial charge in [-0.05, 0) is 24.8 Å². The fourth-order valence-electron chi connectivity index (χ4n) is 2.23. The second kappa shape index (κ2) is 10.5. The number of para-hydroxylation sites is 1. The summed E-state index contributed by atoms with van der Waals surface area (Å²) in [6, 6.07) is 5.68. The Bertz CT molecular complexity index is 460. The first-order valence-corrected chi connectivity index (χ1v) is 9.24. The summed E-state index contributed by atoms with van der Waals surface area (Å²) in [6.45, 7) is 6.73. The number of aryl methyl sites for hydroxylation is 1. The number of esters is 1. The second-order valence-electron chi connectivity index (χ2n) is 5.67. The largest absolute Gasteiger partial charge is 0.507 e. The normalized spacial score (nSPS) is 12.1. The molecule has 124 valence electrons. The van der Waals surface area contributed by atoms with E-state index in [0.717, 1.165) is 24.0 Å². The minimum absolute atomic E-state index is 0.160. The van der Waals surface area contributed by atoms with Gasteiger partial charge >= 0.3 is 5.97 Å². The highest BCUT2D eigenvalue weighted by Crippen LogP contribution is 2.25. The van der Waals surface area contributed by atoms with Crippen molar-refractivity contribution in [1.82, 2.24) is 0 Å². The van der Waals surface area contributed by atoms with Crippen LogP contribution in [-0.4, -0.2) is 23.4 Å². The van der Waals surface area contributed by atoms with E-state index >= 15 is 0 Å². The van der Waals surface area contributed by atoms with Crippen molar-refractivity contribution in [1.29, 1.82) is 0 Å². The summed E-state index contributed by atoms with van der Waals surface area (Å²) in [7, 11) is 0. The van der Waals surface area contributed by atoms with Gasteiger partial charge in [-0.1, -0.05) is 51.3 Å². The van der Waals surface area contributed by atoms with Gasteiger partial charge in [0.05, 0.1) is 12.4 Å². The van der Waals surface area contributed by atoms with Crippen molar-refractivity contribution in [3.63, 3.8) is 0 Å². The minimum Gasteiger partial charge on any atom is -0.507 e. The lowest BCUT2D eigenvalue weighted by molar-refractivity contribution is -0.141. The zero-order valence-corrected chi connectivity index (χ0v) is 14.7. The van der Waals surface area contributed by atoms with Crippen LogP contribution in [0.2, 0.25) is 0 Å². The second-order valence-corrected chi connectivity index (χ2v) is 6.66. The molecule has 0 saturated carbocycles. The number of thioether (sulfide) groups is 1. The van der Waals surface area contributed by atoms with Crippen LogP contribution in [0.25, 0.3) is 0 Å². The monoisotopic (exact) mass is 324 g/mol. The number of ether oxygens (including phenoxy) is 1. The molecule has 4 heteroatoms. The number of hydrogen-bond donors (Lipinski definition) is 1. The molecule has 0 fully saturated rings. The number of hydrogen-bond acceptors (Lipinski definition) is 4. The van der Waals surface area contributed by atoms with Gasteiger partial charge in [-0.2, -0.15) is 0 Å². The summed E-state index contributed by atoms with van der Waals surface area (Å²) in [5, 5.41) is 9.92. The summed E-state index contributed by atoms with van der Waals surface area (Å²) < 4.78 is 5.36. The Hall–Kier alpha value is -1.16. The highest BCUT2D eigenvalue weighted by Gasteiger charge is 2.11. The van der Waals surface area contributed by atoms with Crippen LogP contribution >= 0.6 is 11.8 Å². The number of phenols is 1. The van der Waals surface area contributed by atoms with Gasteiger partial charge in [0.1, 0.15) is 5.75 Å². The SMILES string of the molecule is CCCCC(CC)COC(=O)CSCc1cccc(C)c1O. The summed E-state index contributed by atoms with van der Waals surface area (Å²) >= 11 is 1.48. The van der Waals surface area contributed by atoms with E-state index in [4.69, 9.17) is 4.74 Å². The molecular weight excluding hydrogens is 296 g/mol. The van der Waals surface area contributed by atoms with Gasteiger partial charge in [0.15, 0.2) is 0 Å². The quantitative estimate of drug-likeness (QED) is 0.634. The smallest absolute Gasteiger partial charge is 0.315 e. The van der Waals surface area contributed by atoms with Gasteiger partial charge < -0.3 is 9.84 Å². The highest BCUT2D eigenvalue weighted by molar-refractivity contribution is 7.99. The first-order chi connectivity index (χ1) is 10.6. The molecule has 0 bridgehead atoms. The Morgan fingerprint density at radius 2 is 2.14 bits per heavy atom. The fourth-order valence-corrected chi connectivity index (χ4v) is 3.04. The van der Waals surface area contributed by atoms with Crippen LogP contribution in [0, 0.1) is 12.8 Å². The molecule has 1 N–H and O–H groups in total. The molecule has 0 aliphatic carbocycles. The third-order valence-electron chi connectivity index (χ3n) is 3.82. The van der Waals surface area contributed by atoms with Crippen LogP contribution in [0.15, 0.2) is 18.2 Å². The molecule has 0 amide bonds. The summed E-state index contributed by atoms with van der Waals surface area (Å²) in [5.41, 5.74) is 1.73. The molecule has 0 aromatic heterocycles. The Morgan fingerprint density at radius 1 is 1.36 bits per heavy atom. The van der Waals surface area contributed by atoms with E-state index in [1.165, 1.54) is 24.6 Å². The zero-order chi connectivity index (χ0) is 16.4. The van der Waals surface area contributed by atoms with Crippen LogP contribution in [0.3, 0.4) is 0 Å². The first kappa shape index (κ1) is 18.9. The van der Waals surface area contributed by atoms with Gasteiger partial charge in [-0.15, -0.1) is 11.8 Å². The maximum absolute atomic E-state index is 11.8. The van der Waals surface area contributed by atoms with E-state index in [2.05, 4.69) is 13.8 Å². The predicted molar refractivity (Wildman–Crippen MR) is 93.3 cm³/mol. The standard InChI is InChI=1S/C18H28O3S/c1-4-6-9-15(5-2)11-21-17(19)13-22-12-16-10-7-8-14(3)18(16)20/h7-8,10,15,20H,4-6,9,11-13H2,1-3H3. The van der Waals surface area contributed by atoms with Gasteiger partial charge in [0.25, 0.3) is 0 Å². The predicted octanol–water partition coefficient (Wildman–Crippen LogP) is 4.69. The fraction of sp³-hybridized carbons (Fsp3) is 0.611. The molecule has 0 heterocycles. The minimum atomic E-state index is -0.160. The lowest BCUT2D eigenvalue weighted by atomic mass is 10.0. The van der Waals surface area contributed by atoms with Crippen LogP contribution in [0.5, 0.6) is 5.75 Å². The average Bonchev–Trinajstić information content (AvgIpc) is 2.51. The molecular formula is C18H28O3S. The molecule has 1 atom stereocenters. The Morgan fingerprint density at radius 3 is 2.82 bits per heavy atom. The van der Waals surface area contributed by atoms with Gasteiger partial charge in [-0.25, -0.2) is 0 Å². The third kappa shape index (κ3) is 6.73. The Kier molecular flexibility index (Phi) is 9.05. The van der Waals surface area contributed by atoms with E-state index in [-0.39, 0.29) is 5.97 Å². The molecule has 3 nitrogen and oxygen atoms in total. The van der Waals surface area contributed by atoms with Crippen molar-refractivity contribution in [2.24, 2.45) is 5.92 Å². The maximum Gasteiger partial charge on any atom is 0.315 e. The number of rotatable bonds is 10. The Balaban J connectivity index is 2.27.